The zero-order chi connectivity index (χ0) is 10.4. The van der Waals surface area contributed by atoms with Crippen LogP contribution in [0.4, 0.5) is 0 Å². The van der Waals surface area contributed by atoms with E-state index in [0.717, 1.165) is 13.0 Å². The highest BCUT2D eigenvalue weighted by atomic mass is 32.1. The molecular formula is C11H19NOS. The molecule has 3 heteroatoms. The minimum atomic E-state index is -0.261. The standard InChI is InChI=1S/C11H19NOS/c1-9(2)6-12-7-11(13)5-10-3-4-14-8-10/h3-4,8-9,11-13H,5-7H2,1-2H3. The van der Waals surface area contributed by atoms with Crippen LogP contribution in [0.2, 0.25) is 0 Å². The van der Waals surface area contributed by atoms with E-state index in [0.29, 0.717) is 12.5 Å². The molecule has 1 aromatic rings. The first kappa shape index (κ1) is 11.7. The van der Waals surface area contributed by atoms with Gasteiger partial charge in [0.15, 0.2) is 0 Å². The molecule has 2 N–H and O–H groups in total. The third-order valence-corrected chi connectivity index (χ3v) is 2.72. The van der Waals surface area contributed by atoms with Gasteiger partial charge in [0, 0.05) is 13.0 Å². The first-order valence-electron chi connectivity index (χ1n) is 5.08. The lowest BCUT2D eigenvalue weighted by molar-refractivity contribution is 0.171. The van der Waals surface area contributed by atoms with Crippen molar-refractivity contribution >= 4 is 11.3 Å². The van der Waals surface area contributed by atoms with Crippen LogP contribution in [0.25, 0.3) is 0 Å². The van der Waals surface area contributed by atoms with E-state index in [4.69, 9.17) is 0 Å². The molecule has 0 aliphatic carbocycles. The summed E-state index contributed by atoms with van der Waals surface area (Å²) in [5.74, 6) is 0.642. The first-order chi connectivity index (χ1) is 6.68. The smallest absolute Gasteiger partial charge is 0.0705 e. The van der Waals surface area contributed by atoms with Gasteiger partial charge >= 0.3 is 0 Å². The van der Waals surface area contributed by atoms with Gasteiger partial charge < -0.3 is 10.4 Å². The van der Waals surface area contributed by atoms with E-state index >= 15 is 0 Å². The second kappa shape index (κ2) is 6.17. The summed E-state index contributed by atoms with van der Waals surface area (Å²) in [6, 6.07) is 2.07. The lowest BCUT2D eigenvalue weighted by Crippen LogP contribution is -2.30. The predicted molar refractivity (Wildman–Crippen MR) is 61.7 cm³/mol. The molecule has 1 atom stereocenters. The van der Waals surface area contributed by atoms with Gasteiger partial charge in [-0.3, -0.25) is 0 Å². The molecule has 1 unspecified atom stereocenters. The van der Waals surface area contributed by atoms with Gasteiger partial charge in [-0.05, 0) is 34.9 Å². The van der Waals surface area contributed by atoms with Crippen LogP contribution in [0.3, 0.4) is 0 Å². The summed E-state index contributed by atoms with van der Waals surface area (Å²) in [5, 5.41) is 17.1. The summed E-state index contributed by atoms with van der Waals surface area (Å²) >= 11 is 1.68. The van der Waals surface area contributed by atoms with Crippen molar-refractivity contribution in [2.45, 2.75) is 26.4 Å². The molecular weight excluding hydrogens is 194 g/mol. The van der Waals surface area contributed by atoms with Gasteiger partial charge in [-0.2, -0.15) is 11.3 Å². The van der Waals surface area contributed by atoms with Crippen LogP contribution in [0.5, 0.6) is 0 Å². The van der Waals surface area contributed by atoms with E-state index in [1.54, 1.807) is 11.3 Å². The second-order valence-electron chi connectivity index (χ2n) is 4.04. The second-order valence-corrected chi connectivity index (χ2v) is 4.82. The molecule has 0 radical (unpaired) electrons. The van der Waals surface area contributed by atoms with Gasteiger partial charge in [0.25, 0.3) is 0 Å². The Morgan fingerprint density at radius 2 is 2.21 bits per heavy atom. The largest absolute Gasteiger partial charge is 0.391 e. The molecule has 1 heterocycles. The van der Waals surface area contributed by atoms with Crippen LogP contribution in [0.1, 0.15) is 19.4 Å². The molecule has 2 nitrogen and oxygen atoms in total. The molecule has 0 spiro atoms. The number of thiophene rings is 1. The van der Waals surface area contributed by atoms with Crippen molar-refractivity contribution in [3.8, 4) is 0 Å². The average molecular weight is 213 g/mol. The molecule has 0 amide bonds. The summed E-state index contributed by atoms with van der Waals surface area (Å²) in [4.78, 5) is 0. The third kappa shape index (κ3) is 4.74. The highest BCUT2D eigenvalue weighted by Gasteiger charge is 2.05. The van der Waals surface area contributed by atoms with Crippen LogP contribution in [-0.4, -0.2) is 24.3 Å². The molecule has 0 saturated carbocycles. The number of nitrogens with one attached hydrogen (secondary N) is 1. The van der Waals surface area contributed by atoms with Gasteiger partial charge in [0.2, 0.25) is 0 Å². The fourth-order valence-electron chi connectivity index (χ4n) is 1.29. The summed E-state index contributed by atoms with van der Waals surface area (Å²) < 4.78 is 0. The van der Waals surface area contributed by atoms with Gasteiger partial charge in [-0.1, -0.05) is 13.8 Å². The van der Waals surface area contributed by atoms with Crippen LogP contribution in [0.15, 0.2) is 16.8 Å². The lowest BCUT2D eigenvalue weighted by atomic mass is 10.1. The van der Waals surface area contributed by atoms with Crippen LogP contribution in [0, 0.1) is 5.92 Å². The fraction of sp³-hybridized carbons (Fsp3) is 0.636. The van der Waals surface area contributed by atoms with Crippen molar-refractivity contribution in [3.05, 3.63) is 22.4 Å². The summed E-state index contributed by atoms with van der Waals surface area (Å²) in [6.07, 6.45) is 0.498. The van der Waals surface area contributed by atoms with Crippen molar-refractivity contribution in [1.29, 1.82) is 0 Å². The highest BCUT2D eigenvalue weighted by molar-refractivity contribution is 7.07. The minimum absolute atomic E-state index is 0.261. The minimum Gasteiger partial charge on any atom is -0.391 e. The van der Waals surface area contributed by atoms with E-state index in [9.17, 15) is 5.11 Å². The summed E-state index contributed by atoms with van der Waals surface area (Å²) in [6.45, 7) is 5.99. The van der Waals surface area contributed by atoms with E-state index < -0.39 is 0 Å². The normalized spacial score (nSPS) is 13.4. The Hall–Kier alpha value is -0.380. The molecule has 14 heavy (non-hydrogen) atoms. The maximum atomic E-state index is 9.68. The van der Waals surface area contributed by atoms with E-state index in [-0.39, 0.29) is 6.10 Å². The molecule has 0 aliphatic rings. The monoisotopic (exact) mass is 213 g/mol. The Labute approximate surface area is 90.0 Å². The summed E-state index contributed by atoms with van der Waals surface area (Å²) in [5.41, 5.74) is 1.23. The molecule has 0 saturated heterocycles. The SMILES string of the molecule is CC(C)CNCC(O)Cc1ccsc1. The lowest BCUT2D eigenvalue weighted by Gasteiger charge is -2.12. The van der Waals surface area contributed by atoms with Gasteiger partial charge in [0.05, 0.1) is 6.10 Å². The molecule has 0 aliphatic heterocycles. The molecule has 1 aromatic heterocycles. The Morgan fingerprint density at radius 3 is 2.79 bits per heavy atom. The highest BCUT2D eigenvalue weighted by Crippen LogP contribution is 2.08. The molecule has 1 rings (SSSR count). The van der Waals surface area contributed by atoms with Crippen molar-refractivity contribution in [2.24, 2.45) is 5.92 Å². The Morgan fingerprint density at radius 1 is 1.43 bits per heavy atom. The van der Waals surface area contributed by atoms with Crippen molar-refractivity contribution in [1.82, 2.24) is 5.32 Å². The zero-order valence-electron chi connectivity index (χ0n) is 8.86. The fourth-order valence-corrected chi connectivity index (χ4v) is 1.97. The Balaban J connectivity index is 2.13. The van der Waals surface area contributed by atoms with Gasteiger partial charge in [0.1, 0.15) is 0 Å². The van der Waals surface area contributed by atoms with Crippen molar-refractivity contribution in [3.63, 3.8) is 0 Å². The Bertz CT molecular complexity index is 233. The van der Waals surface area contributed by atoms with Crippen LogP contribution < -0.4 is 5.32 Å². The number of aliphatic hydroxyl groups excluding tert-OH is 1. The van der Waals surface area contributed by atoms with Crippen LogP contribution >= 0.6 is 11.3 Å². The van der Waals surface area contributed by atoms with Gasteiger partial charge in [-0.25, -0.2) is 0 Å². The van der Waals surface area contributed by atoms with E-state index in [1.165, 1.54) is 5.56 Å². The topological polar surface area (TPSA) is 32.3 Å². The van der Waals surface area contributed by atoms with E-state index in [1.807, 2.05) is 5.38 Å². The molecule has 80 valence electrons. The van der Waals surface area contributed by atoms with E-state index in [2.05, 4.69) is 30.6 Å². The van der Waals surface area contributed by atoms with Crippen LogP contribution in [-0.2, 0) is 6.42 Å². The number of hydrogen-bond donors (Lipinski definition) is 2. The molecule has 0 bridgehead atoms. The average Bonchev–Trinajstić information content (AvgIpc) is 2.56. The Kier molecular flexibility index (Phi) is 5.15. The molecule has 0 aromatic carbocycles. The molecule has 0 fully saturated rings. The maximum absolute atomic E-state index is 9.68. The number of hydrogen-bond acceptors (Lipinski definition) is 3. The van der Waals surface area contributed by atoms with Crippen molar-refractivity contribution in [2.75, 3.05) is 13.1 Å². The maximum Gasteiger partial charge on any atom is 0.0705 e. The zero-order valence-corrected chi connectivity index (χ0v) is 9.68. The third-order valence-electron chi connectivity index (χ3n) is 1.98. The number of aliphatic hydroxyl groups is 1. The first-order valence-corrected chi connectivity index (χ1v) is 6.02. The van der Waals surface area contributed by atoms with Gasteiger partial charge in [-0.15, -0.1) is 0 Å². The quantitative estimate of drug-likeness (QED) is 0.756. The predicted octanol–water partition coefficient (Wildman–Crippen LogP) is 1.90. The summed E-state index contributed by atoms with van der Waals surface area (Å²) in [7, 11) is 0. The van der Waals surface area contributed by atoms with Crippen molar-refractivity contribution < 1.29 is 5.11 Å². The number of rotatable bonds is 6.